The minimum Gasteiger partial charge on any atom is -0.433 e. The Morgan fingerprint density at radius 2 is 1.73 bits per heavy atom. The van der Waals surface area contributed by atoms with Crippen LogP contribution in [0.25, 0.3) is 17.1 Å². The number of nitrogens with zero attached hydrogens (tertiary/aromatic N) is 6. The lowest BCUT2D eigenvalue weighted by molar-refractivity contribution is -0.274. The summed E-state index contributed by atoms with van der Waals surface area (Å²) < 4.78 is 72.5. The number of benzene rings is 3. The second-order valence-electron chi connectivity index (χ2n) is 8.17. The molecule has 0 unspecified atom stereocenters. The van der Waals surface area contributed by atoms with Gasteiger partial charge in [0, 0.05) is 5.56 Å². The Morgan fingerprint density at radius 1 is 1.00 bits per heavy atom. The number of thioether (sulfide) groups is 1. The fourth-order valence-electron chi connectivity index (χ4n) is 3.69. The largest absolute Gasteiger partial charge is 0.573 e. The van der Waals surface area contributed by atoms with E-state index < -0.39 is 13.0 Å². The minimum atomic E-state index is -4.78. The SMILES string of the molecule is O=C1CS/C(=N\N=C\c2ccc(-c3ncn(-c4ccc(OC(F)(F)F)cc4)n3)cc2)N1c1ccccc1OC(F)F. The van der Waals surface area contributed by atoms with E-state index in [0.717, 1.165) is 11.8 Å². The van der Waals surface area contributed by atoms with Crippen LogP contribution in [0.2, 0.25) is 0 Å². The number of carbonyl (C=O) groups is 1. The molecule has 1 amide bonds. The average molecular weight is 589 g/mol. The number of hydrogen-bond acceptors (Lipinski definition) is 8. The van der Waals surface area contributed by atoms with Crippen LogP contribution in [0.1, 0.15) is 5.56 Å². The molecule has 1 aliphatic heterocycles. The first-order valence-corrected chi connectivity index (χ1v) is 12.6. The fourth-order valence-corrected chi connectivity index (χ4v) is 4.51. The van der Waals surface area contributed by atoms with Crippen molar-refractivity contribution in [1.82, 2.24) is 14.8 Å². The average Bonchev–Trinajstić information content (AvgIpc) is 3.56. The Bertz CT molecular complexity index is 1590. The number of amidine groups is 1. The Balaban J connectivity index is 1.27. The summed E-state index contributed by atoms with van der Waals surface area (Å²) >= 11 is 1.11. The molecule has 5 rings (SSSR count). The molecule has 1 fully saturated rings. The number of amides is 1. The number of alkyl halides is 5. The van der Waals surface area contributed by atoms with E-state index >= 15 is 0 Å². The molecule has 210 valence electrons. The van der Waals surface area contributed by atoms with Crippen LogP contribution in [0, 0.1) is 0 Å². The summed E-state index contributed by atoms with van der Waals surface area (Å²) in [6.07, 6.45) is -1.89. The van der Waals surface area contributed by atoms with Crippen molar-refractivity contribution in [3.05, 3.63) is 84.7 Å². The van der Waals surface area contributed by atoms with E-state index in [1.54, 1.807) is 30.3 Å². The molecule has 0 spiro atoms. The lowest BCUT2D eigenvalue weighted by atomic mass is 10.1. The van der Waals surface area contributed by atoms with Gasteiger partial charge in [0.2, 0.25) is 5.91 Å². The number of hydrogen-bond donors (Lipinski definition) is 0. The molecular formula is C26H17F5N6O3S. The van der Waals surface area contributed by atoms with Gasteiger partial charge >= 0.3 is 13.0 Å². The zero-order chi connectivity index (χ0) is 29.0. The van der Waals surface area contributed by atoms with E-state index in [9.17, 15) is 26.7 Å². The molecule has 9 nitrogen and oxygen atoms in total. The summed E-state index contributed by atoms with van der Waals surface area (Å²) in [6.45, 7) is -3.06. The van der Waals surface area contributed by atoms with Gasteiger partial charge in [-0.15, -0.1) is 23.4 Å². The summed E-state index contributed by atoms with van der Waals surface area (Å²) in [5.41, 5.74) is 1.96. The topological polar surface area (TPSA) is 94.2 Å². The summed E-state index contributed by atoms with van der Waals surface area (Å²) in [5, 5.41) is 12.7. The van der Waals surface area contributed by atoms with Crippen LogP contribution in [0.15, 0.2) is 89.3 Å². The Hall–Kier alpha value is -4.79. The van der Waals surface area contributed by atoms with Crippen LogP contribution in [0.5, 0.6) is 11.5 Å². The van der Waals surface area contributed by atoms with Crippen molar-refractivity contribution in [1.29, 1.82) is 0 Å². The smallest absolute Gasteiger partial charge is 0.433 e. The van der Waals surface area contributed by atoms with Gasteiger partial charge in [0.25, 0.3) is 0 Å². The predicted octanol–water partition coefficient (Wildman–Crippen LogP) is 5.90. The maximum Gasteiger partial charge on any atom is 0.573 e. The standard InChI is InChI=1S/C26H17F5N6O3S/c27-24(28)39-21-4-2-1-3-20(21)37-22(38)14-41-25(37)34-33-13-16-5-7-17(8-6-16)23-32-15-36(35-23)18-9-11-19(12-10-18)40-26(29,30)31/h1-13,15,24H,14H2/b33-13+,34-25-. The molecule has 2 heterocycles. The predicted molar refractivity (Wildman–Crippen MR) is 142 cm³/mol. The molecule has 15 heteroatoms. The van der Waals surface area contributed by atoms with Crippen LogP contribution in [-0.2, 0) is 4.79 Å². The van der Waals surface area contributed by atoms with Gasteiger partial charge in [0.05, 0.1) is 23.3 Å². The molecule has 1 aromatic heterocycles. The van der Waals surface area contributed by atoms with E-state index in [0.29, 0.717) is 22.6 Å². The molecule has 4 aromatic rings. The maximum absolute atomic E-state index is 12.8. The van der Waals surface area contributed by atoms with Crippen molar-refractivity contribution in [2.75, 3.05) is 10.7 Å². The normalized spacial score (nSPS) is 14.9. The molecule has 0 radical (unpaired) electrons. The highest BCUT2D eigenvalue weighted by Crippen LogP contribution is 2.35. The second-order valence-corrected chi connectivity index (χ2v) is 9.11. The highest BCUT2D eigenvalue weighted by Gasteiger charge is 2.32. The Labute approximate surface area is 232 Å². The third-order valence-corrected chi connectivity index (χ3v) is 6.35. The molecule has 1 aliphatic rings. The lowest BCUT2D eigenvalue weighted by Gasteiger charge is -2.18. The van der Waals surface area contributed by atoms with Gasteiger partial charge in [-0.1, -0.05) is 48.2 Å². The highest BCUT2D eigenvalue weighted by atomic mass is 32.2. The monoisotopic (exact) mass is 588 g/mol. The van der Waals surface area contributed by atoms with Gasteiger partial charge in [-0.3, -0.25) is 9.69 Å². The molecule has 0 saturated carbocycles. The van der Waals surface area contributed by atoms with Crippen LogP contribution in [0.4, 0.5) is 27.6 Å². The molecule has 0 N–H and O–H groups in total. The van der Waals surface area contributed by atoms with Crippen molar-refractivity contribution in [2.45, 2.75) is 13.0 Å². The molecule has 0 bridgehead atoms. The molecule has 0 aliphatic carbocycles. The number of ether oxygens (including phenoxy) is 2. The van der Waals surface area contributed by atoms with Crippen molar-refractivity contribution < 1.29 is 36.2 Å². The van der Waals surface area contributed by atoms with Gasteiger partial charge in [0.15, 0.2) is 11.0 Å². The van der Waals surface area contributed by atoms with Gasteiger partial charge in [-0.2, -0.15) is 13.9 Å². The van der Waals surface area contributed by atoms with Gasteiger partial charge < -0.3 is 9.47 Å². The van der Waals surface area contributed by atoms with Gasteiger partial charge in [0.1, 0.15) is 17.8 Å². The number of carbonyl (C=O) groups excluding carboxylic acids is 1. The number of aromatic nitrogens is 3. The highest BCUT2D eigenvalue weighted by molar-refractivity contribution is 8.15. The molecule has 3 aromatic carbocycles. The Kier molecular flexibility index (Phi) is 7.96. The number of para-hydroxylation sites is 2. The third kappa shape index (κ3) is 6.87. The van der Waals surface area contributed by atoms with E-state index in [2.05, 4.69) is 29.8 Å². The fraction of sp³-hybridized carbons (Fsp3) is 0.115. The van der Waals surface area contributed by atoms with Crippen molar-refractivity contribution in [2.24, 2.45) is 10.2 Å². The van der Waals surface area contributed by atoms with E-state index in [1.807, 2.05) is 0 Å². The summed E-state index contributed by atoms with van der Waals surface area (Å²) in [7, 11) is 0. The van der Waals surface area contributed by atoms with E-state index in [-0.39, 0.29) is 34.0 Å². The van der Waals surface area contributed by atoms with Crippen LogP contribution in [0.3, 0.4) is 0 Å². The zero-order valence-corrected chi connectivity index (χ0v) is 21.4. The first-order chi connectivity index (χ1) is 19.7. The molecule has 1 saturated heterocycles. The Morgan fingerprint density at radius 3 is 2.44 bits per heavy atom. The maximum atomic E-state index is 12.8. The summed E-state index contributed by atoms with van der Waals surface area (Å²) in [4.78, 5) is 17.9. The minimum absolute atomic E-state index is 0.0667. The molecule has 41 heavy (non-hydrogen) atoms. The van der Waals surface area contributed by atoms with Crippen LogP contribution in [-0.4, -0.2) is 50.8 Å². The summed E-state index contributed by atoms with van der Waals surface area (Å²) in [5.74, 6) is -0.409. The van der Waals surface area contributed by atoms with Crippen LogP contribution < -0.4 is 14.4 Å². The lowest BCUT2D eigenvalue weighted by Crippen LogP contribution is -2.29. The summed E-state index contributed by atoms with van der Waals surface area (Å²) in [6, 6.07) is 18.1. The molecule has 0 atom stereocenters. The zero-order valence-electron chi connectivity index (χ0n) is 20.6. The third-order valence-electron chi connectivity index (χ3n) is 5.43. The van der Waals surface area contributed by atoms with Crippen molar-refractivity contribution in [3.63, 3.8) is 0 Å². The second kappa shape index (κ2) is 11.8. The molecular weight excluding hydrogens is 571 g/mol. The van der Waals surface area contributed by atoms with Gasteiger partial charge in [-0.05, 0) is 42.0 Å². The van der Waals surface area contributed by atoms with E-state index in [1.165, 1.54) is 64.6 Å². The number of rotatable bonds is 8. The van der Waals surface area contributed by atoms with Crippen molar-refractivity contribution in [3.8, 4) is 28.6 Å². The van der Waals surface area contributed by atoms with Gasteiger partial charge in [-0.25, -0.2) is 9.67 Å². The first-order valence-electron chi connectivity index (χ1n) is 11.7. The number of halogens is 5. The van der Waals surface area contributed by atoms with Crippen molar-refractivity contribution >= 4 is 34.7 Å². The quantitative estimate of drug-likeness (QED) is 0.145. The van der Waals surface area contributed by atoms with Crippen LogP contribution >= 0.6 is 11.8 Å². The first kappa shape index (κ1) is 27.8. The number of anilines is 1. The van der Waals surface area contributed by atoms with E-state index in [4.69, 9.17) is 0 Å².